The highest BCUT2D eigenvalue weighted by Crippen LogP contribution is 2.44. The van der Waals surface area contributed by atoms with Crippen LogP contribution in [0.1, 0.15) is 55.3 Å². The monoisotopic (exact) mass is 1100 g/mol. The van der Waals surface area contributed by atoms with Crippen molar-refractivity contribution < 1.29 is 28.7 Å². The Kier molecular flexibility index (Phi) is 15.4. The molecule has 2 aliphatic rings. The van der Waals surface area contributed by atoms with Gasteiger partial charge in [-0.05, 0) is 53.0 Å². The molecular formula is C63H51N7O6S3. The third kappa shape index (κ3) is 10.5. The van der Waals surface area contributed by atoms with Crippen LogP contribution in [0.5, 0.6) is 5.75 Å². The topological polar surface area (TPSA) is 157 Å². The first-order valence-corrected chi connectivity index (χ1v) is 28.1. The number of anilines is 1. The number of nitrogens with one attached hydrogen (secondary N) is 2. The van der Waals surface area contributed by atoms with E-state index >= 15 is 4.79 Å². The number of β-lactam (4-membered cyclic amide) rings is 1. The van der Waals surface area contributed by atoms with E-state index in [9.17, 15) is 9.59 Å². The van der Waals surface area contributed by atoms with Crippen molar-refractivity contribution in [3.63, 3.8) is 0 Å². The van der Waals surface area contributed by atoms with Crippen molar-refractivity contribution >= 4 is 69.3 Å². The fourth-order valence-electron chi connectivity index (χ4n) is 9.84. The van der Waals surface area contributed by atoms with Crippen molar-refractivity contribution in [3.05, 3.63) is 284 Å². The number of hydrogen-bond donors (Lipinski definition) is 2. The second-order valence-electron chi connectivity index (χ2n) is 18.5. The zero-order valence-electron chi connectivity index (χ0n) is 42.8. The molecule has 13 nitrogen and oxygen atoms in total. The van der Waals surface area contributed by atoms with Crippen LogP contribution in [0.15, 0.2) is 234 Å². The molecule has 11 rings (SSSR count). The van der Waals surface area contributed by atoms with Crippen molar-refractivity contribution in [2.75, 3.05) is 18.2 Å². The van der Waals surface area contributed by atoms with Crippen LogP contribution in [0.3, 0.4) is 0 Å². The zero-order chi connectivity index (χ0) is 54.2. The summed E-state index contributed by atoms with van der Waals surface area (Å²) in [6, 6.07) is 65.3. The minimum atomic E-state index is -1.40. The summed E-state index contributed by atoms with van der Waals surface area (Å²) in [4.78, 5) is 63.1. The molecule has 2 atom stereocenters. The number of thioether (sulfide) groups is 1. The number of aryl methyl sites for hydroxylation is 1. The number of allylic oxidation sites excluding steroid dienone is 1. The first-order valence-electron chi connectivity index (χ1n) is 25.4. The second-order valence-corrected chi connectivity index (χ2v) is 21.2. The van der Waals surface area contributed by atoms with Crippen LogP contribution in [0, 0.1) is 6.92 Å². The number of nitrogens with zero attached hydrogens (tertiary/aromatic N) is 5. The quantitative estimate of drug-likeness (QED) is 0.0261. The van der Waals surface area contributed by atoms with E-state index < -0.39 is 40.3 Å². The van der Waals surface area contributed by atoms with Gasteiger partial charge in [0, 0.05) is 38.9 Å². The molecule has 0 aliphatic carbocycles. The molecule has 1 fully saturated rings. The summed E-state index contributed by atoms with van der Waals surface area (Å²) in [5, 5.41) is 11.3. The Hall–Kier alpha value is -8.96. The highest BCUT2D eigenvalue weighted by Gasteiger charge is 2.55. The first kappa shape index (κ1) is 52.1. The number of hydrogen-bond acceptors (Lipinski definition) is 14. The number of esters is 1. The largest absolute Gasteiger partial charge is 0.497 e. The summed E-state index contributed by atoms with van der Waals surface area (Å²) in [6.45, 7) is 1.86. The van der Waals surface area contributed by atoms with E-state index in [4.69, 9.17) is 28.8 Å². The van der Waals surface area contributed by atoms with Gasteiger partial charge < -0.3 is 24.9 Å². The van der Waals surface area contributed by atoms with Gasteiger partial charge in [0.25, 0.3) is 11.8 Å². The molecule has 1 saturated heterocycles. The summed E-state index contributed by atoms with van der Waals surface area (Å²) in [7, 11) is 1.58. The molecule has 2 N–H and O–H groups in total. The molecule has 392 valence electrons. The van der Waals surface area contributed by atoms with Crippen LogP contribution in [-0.2, 0) is 41.7 Å². The molecular weight excluding hydrogens is 1050 g/mol. The molecule has 1 unspecified atom stereocenters. The Balaban J connectivity index is 0.982. The van der Waals surface area contributed by atoms with E-state index in [2.05, 4.69) is 52.0 Å². The van der Waals surface area contributed by atoms with Crippen molar-refractivity contribution in [2.45, 2.75) is 36.1 Å². The van der Waals surface area contributed by atoms with Crippen LogP contribution < -0.4 is 15.4 Å². The minimum absolute atomic E-state index is 0.0474. The molecule has 0 bridgehead atoms. The van der Waals surface area contributed by atoms with E-state index in [1.165, 1.54) is 28.0 Å². The Morgan fingerprint density at radius 3 is 1.72 bits per heavy atom. The number of carbonyl (C=O) groups excluding carboxylic acids is 3. The second kappa shape index (κ2) is 23.3. The lowest BCUT2D eigenvalue weighted by Gasteiger charge is -2.49. The highest BCUT2D eigenvalue weighted by atomic mass is 32.2. The van der Waals surface area contributed by atoms with Gasteiger partial charge >= 0.3 is 5.97 Å². The molecule has 7 aromatic carbocycles. The van der Waals surface area contributed by atoms with Gasteiger partial charge in [-0.2, -0.15) is 9.36 Å². The van der Waals surface area contributed by atoms with Gasteiger partial charge in [-0.3, -0.25) is 14.5 Å². The number of thiazole rings is 1. The summed E-state index contributed by atoms with van der Waals surface area (Å²) in [5.74, 6) is -1.03. The summed E-state index contributed by atoms with van der Waals surface area (Å²) in [5.41, 5.74) is 6.37. The number of benzene rings is 7. The fraction of sp³-hybridized carbons (Fsp3) is 0.127. The standard InChI is InChI=1S/C63H51N7O6S3/c1-42-52(78-41-64-42)38-35-44-40-77-59-54(58(72)70(59)55(44)60(73)75-39-43-33-36-51(74-2)37-34-43)65-57(71)53(68-76-63(48-27-15-6-16-28-48,49-29-17-7-18-30-49)50-31-19-8-20-32-50)56-66-61(79-69-56)67-62(45-21-9-3-10-22-45,46-23-11-4-12-24-46)47-25-13-5-14-26-47/h3-38,41,54,59H,39-40H2,1-2H3,(H,65,71)(H,66,67,69)/b38-35+,68-53-/t54?,59-/m1/s1. The van der Waals surface area contributed by atoms with E-state index in [1.54, 1.807) is 24.8 Å². The number of oxime groups is 1. The van der Waals surface area contributed by atoms with E-state index in [-0.39, 0.29) is 23.8 Å². The number of carbonyl (C=O) groups is 3. The maximum absolute atomic E-state index is 15.4. The third-order valence-electron chi connectivity index (χ3n) is 13.8. The lowest BCUT2D eigenvalue weighted by molar-refractivity contribution is -0.153. The van der Waals surface area contributed by atoms with Gasteiger partial charge in [0.15, 0.2) is 0 Å². The number of aromatic nitrogens is 3. The van der Waals surface area contributed by atoms with Gasteiger partial charge in [0.2, 0.25) is 22.3 Å². The van der Waals surface area contributed by atoms with E-state index in [0.717, 1.165) is 61.0 Å². The molecule has 9 aromatic rings. The maximum atomic E-state index is 15.4. The molecule has 0 saturated carbocycles. The molecule has 4 heterocycles. The average molecular weight is 1100 g/mol. The summed E-state index contributed by atoms with van der Waals surface area (Å²) < 4.78 is 16.1. The predicted octanol–water partition coefficient (Wildman–Crippen LogP) is 11.5. The van der Waals surface area contributed by atoms with Crippen molar-refractivity contribution in [1.29, 1.82) is 0 Å². The Morgan fingerprint density at radius 1 is 0.709 bits per heavy atom. The lowest BCUT2D eigenvalue weighted by atomic mass is 9.77. The van der Waals surface area contributed by atoms with Gasteiger partial charge in [-0.1, -0.05) is 205 Å². The smallest absolute Gasteiger partial charge is 0.355 e. The molecule has 2 aliphatic heterocycles. The van der Waals surface area contributed by atoms with Crippen molar-refractivity contribution in [3.8, 4) is 5.75 Å². The number of fused-ring (bicyclic) bond motifs is 1. The van der Waals surface area contributed by atoms with Crippen LogP contribution in [0.25, 0.3) is 6.08 Å². The molecule has 2 amide bonds. The number of amides is 2. The molecule has 0 radical (unpaired) electrons. The summed E-state index contributed by atoms with van der Waals surface area (Å²) >= 11 is 3.94. The zero-order valence-corrected chi connectivity index (χ0v) is 45.3. The molecule has 16 heteroatoms. The minimum Gasteiger partial charge on any atom is -0.497 e. The van der Waals surface area contributed by atoms with E-state index in [0.29, 0.717) is 22.2 Å². The maximum Gasteiger partial charge on any atom is 0.355 e. The van der Waals surface area contributed by atoms with Crippen molar-refractivity contribution in [1.82, 2.24) is 24.6 Å². The van der Waals surface area contributed by atoms with Crippen molar-refractivity contribution in [2.24, 2.45) is 5.16 Å². The van der Waals surface area contributed by atoms with Gasteiger partial charge in [0.1, 0.15) is 35.0 Å². The van der Waals surface area contributed by atoms with Gasteiger partial charge in [-0.25, -0.2) is 9.78 Å². The fourth-order valence-corrected chi connectivity index (χ4v) is 12.5. The summed E-state index contributed by atoms with van der Waals surface area (Å²) in [6.07, 6.45) is 3.72. The molecule has 79 heavy (non-hydrogen) atoms. The van der Waals surface area contributed by atoms with Crippen LogP contribution >= 0.6 is 34.6 Å². The van der Waals surface area contributed by atoms with Crippen LogP contribution in [0.2, 0.25) is 0 Å². The normalized spacial score (nSPS) is 15.5. The van der Waals surface area contributed by atoms with Gasteiger partial charge in [-0.15, -0.1) is 23.1 Å². The third-order valence-corrected chi connectivity index (χ3v) is 16.6. The van der Waals surface area contributed by atoms with E-state index in [1.807, 2.05) is 177 Å². The Bertz CT molecular complexity index is 3480. The average Bonchev–Trinajstić information content (AvgIpc) is 4.30. The Labute approximate surface area is 469 Å². The SMILES string of the molecule is COc1ccc(COC(=O)C2=C(/C=C/c3scnc3C)CS[C@@H]3C(NC(=O)/C(=N\OC(c4ccccc4)(c4ccccc4)c4ccccc4)c4nsc(NC(c5ccccc5)(c5ccccc5)c5ccccc5)n4)C(=O)N23)cc1. The number of methoxy groups -OCH3 is 1. The van der Waals surface area contributed by atoms with Crippen LogP contribution in [0.4, 0.5) is 5.13 Å². The highest BCUT2D eigenvalue weighted by molar-refractivity contribution is 8.00. The number of rotatable bonds is 19. The Morgan fingerprint density at radius 2 is 1.23 bits per heavy atom. The van der Waals surface area contributed by atoms with Crippen LogP contribution in [-0.4, -0.2) is 67.0 Å². The molecule has 0 spiro atoms. The number of ether oxygens (including phenoxy) is 2. The molecule has 2 aromatic heterocycles. The van der Waals surface area contributed by atoms with Gasteiger partial charge in [0.05, 0.1) is 18.3 Å². The lowest BCUT2D eigenvalue weighted by Crippen LogP contribution is -2.71. The predicted molar refractivity (Wildman–Crippen MR) is 310 cm³/mol. The first-order chi connectivity index (χ1) is 38.8.